The zero-order chi connectivity index (χ0) is 19.4. The van der Waals surface area contributed by atoms with Crippen molar-refractivity contribution in [1.82, 2.24) is 9.78 Å². The molecule has 0 spiro atoms. The van der Waals surface area contributed by atoms with Crippen LogP contribution in [0.15, 0.2) is 48.7 Å². The maximum Gasteiger partial charge on any atom is 0.280 e. The van der Waals surface area contributed by atoms with Crippen LogP contribution >= 0.6 is 11.6 Å². The van der Waals surface area contributed by atoms with Crippen LogP contribution in [-0.4, -0.2) is 22.3 Å². The van der Waals surface area contributed by atoms with Gasteiger partial charge in [-0.25, -0.2) is 9.07 Å². The molecule has 1 aromatic heterocycles. The van der Waals surface area contributed by atoms with Gasteiger partial charge in [-0.1, -0.05) is 24.6 Å². The first-order chi connectivity index (χ1) is 13.0. The number of carbonyl (C=O) groups is 1. The number of nitrogens with one attached hydrogen (secondary N) is 1. The van der Waals surface area contributed by atoms with E-state index >= 15 is 0 Å². The fourth-order valence-corrected chi connectivity index (χ4v) is 2.60. The molecule has 0 radical (unpaired) electrons. The van der Waals surface area contributed by atoms with E-state index in [0.29, 0.717) is 28.8 Å². The Hall–Kier alpha value is -2.86. The van der Waals surface area contributed by atoms with E-state index in [1.165, 1.54) is 16.8 Å². The fraction of sp³-hybridized carbons (Fsp3) is 0.200. The first-order valence-corrected chi connectivity index (χ1v) is 8.91. The molecule has 1 N–H and O–H groups in total. The van der Waals surface area contributed by atoms with Gasteiger partial charge in [0.1, 0.15) is 5.82 Å². The summed E-state index contributed by atoms with van der Waals surface area (Å²) in [6, 6.07) is 11.1. The van der Waals surface area contributed by atoms with Crippen LogP contribution in [0.25, 0.3) is 5.69 Å². The average molecular weight is 388 g/mol. The van der Waals surface area contributed by atoms with Gasteiger partial charge in [0.2, 0.25) is 0 Å². The lowest BCUT2D eigenvalue weighted by atomic mass is 10.2. The summed E-state index contributed by atoms with van der Waals surface area (Å²) in [7, 11) is 0. The van der Waals surface area contributed by atoms with E-state index in [1.807, 2.05) is 19.9 Å². The third-order valence-electron chi connectivity index (χ3n) is 3.88. The van der Waals surface area contributed by atoms with Gasteiger partial charge in [-0.3, -0.25) is 4.79 Å². The second-order valence-electron chi connectivity index (χ2n) is 6.03. The van der Waals surface area contributed by atoms with Crippen molar-refractivity contribution >= 4 is 23.2 Å². The maximum atomic E-state index is 13.2. The second-order valence-corrected chi connectivity index (χ2v) is 6.44. The van der Waals surface area contributed by atoms with Gasteiger partial charge in [-0.05, 0) is 55.3 Å². The highest BCUT2D eigenvalue weighted by Crippen LogP contribution is 2.24. The number of aromatic nitrogens is 2. The van der Waals surface area contributed by atoms with Crippen molar-refractivity contribution in [2.24, 2.45) is 0 Å². The van der Waals surface area contributed by atoms with Crippen LogP contribution < -0.4 is 10.1 Å². The SMILES string of the molecule is CCCOc1cn(-c2ccc(F)cc2)nc1C(=O)Nc1ccc(C)c(Cl)c1. The minimum atomic E-state index is -0.415. The van der Waals surface area contributed by atoms with Crippen LogP contribution in [0.3, 0.4) is 0 Å². The molecule has 27 heavy (non-hydrogen) atoms. The second kappa shape index (κ2) is 8.22. The average Bonchev–Trinajstić information content (AvgIpc) is 3.08. The predicted octanol–water partition coefficient (Wildman–Crippen LogP) is 5.01. The van der Waals surface area contributed by atoms with Crippen LogP contribution in [0.1, 0.15) is 29.4 Å². The normalized spacial score (nSPS) is 10.7. The predicted molar refractivity (Wildman–Crippen MR) is 103 cm³/mol. The maximum absolute atomic E-state index is 13.2. The number of amides is 1. The molecular formula is C20H19ClFN3O2. The molecule has 0 aliphatic carbocycles. The molecule has 0 bridgehead atoms. The van der Waals surface area contributed by atoms with Gasteiger partial charge in [-0.2, -0.15) is 5.10 Å². The smallest absolute Gasteiger partial charge is 0.280 e. The summed E-state index contributed by atoms with van der Waals surface area (Å²) < 4.78 is 20.3. The highest BCUT2D eigenvalue weighted by molar-refractivity contribution is 6.31. The molecular weight excluding hydrogens is 369 g/mol. The van der Waals surface area contributed by atoms with Crippen molar-refractivity contribution in [3.8, 4) is 11.4 Å². The summed E-state index contributed by atoms with van der Waals surface area (Å²) in [5.74, 6) is -0.402. The Kier molecular flexibility index (Phi) is 5.76. The van der Waals surface area contributed by atoms with E-state index in [4.69, 9.17) is 16.3 Å². The third kappa shape index (κ3) is 4.46. The van der Waals surface area contributed by atoms with E-state index in [1.54, 1.807) is 30.5 Å². The van der Waals surface area contributed by atoms with Crippen molar-refractivity contribution < 1.29 is 13.9 Å². The van der Waals surface area contributed by atoms with Gasteiger partial charge >= 0.3 is 0 Å². The minimum Gasteiger partial charge on any atom is -0.489 e. The molecule has 0 aliphatic heterocycles. The Labute approximate surface area is 161 Å². The van der Waals surface area contributed by atoms with Crippen LogP contribution in [0.5, 0.6) is 5.75 Å². The van der Waals surface area contributed by atoms with Crippen molar-refractivity contribution in [3.63, 3.8) is 0 Å². The minimum absolute atomic E-state index is 0.143. The molecule has 2 aromatic carbocycles. The van der Waals surface area contributed by atoms with E-state index < -0.39 is 5.91 Å². The van der Waals surface area contributed by atoms with E-state index in [0.717, 1.165) is 12.0 Å². The number of halogens is 2. The number of anilines is 1. The zero-order valence-corrected chi connectivity index (χ0v) is 15.8. The van der Waals surface area contributed by atoms with Gasteiger partial charge in [0.15, 0.2) is 11.4 Å². The number of ether oxygens (including phenoxy) is 1. The third-order valence-corrected chi connectivity index (χ3v) is 4.29. The quantitative estimate of drug-likeness (QED) is 0.646. The molecule has 140 valence electrons. The molecule has 0 aliphatic rings. The lowest BCUT2D eigenvalue weighted by Crippen LogP contribution is -2.14. The number of nitrogens with zero attached hydrogens (tertiary/aromatic N) is 2. The Morgan fingerprint density at radius 3 is 2.67 bits per heavy atom. The van der Waals surface area contributed by atoms with Crippen molar-refractivity contribution in [3.05, 3.63) is 70.8 Å². The highest BCUT2D eigenvalue weighted by Gasteiger charge is 2.19. The topological polar surface area (TPSA) is 56.2 Å². The molecule has 1 amide bonds. The Bertz CT molecular complexity index is 954. The number of aryl methyl sites for hydroxylation is 1. The number of rotatable bonds is 6. The van der Waals surface area contributed by atoms with Crippen LogP contribution in [0.4, 0.5) is 10.1 Å². The number of hydrogen-bond donors (Lipinski definition) is 1. The standard InChI is InChI=1S/C20H19ClFN3O2/c1-3-10-27-18-12-25(16-8-5-14(22)6-9-16)24-19(18)20(26)23-15-7-4-13(2)17(21)11-15/h4-9,11-12H,3,10H2,1-2H3,(H,23,26). The fourth-order valence-electron chi connectivity index (χ4n) is 2.42. The van der Waals surface area contributed by atoms with Crippen LogP contribution in [0.2, 0.25) is 5.02 Å². The number of hydrogen-bond acceptors (Lipinski definition) is 3. The lowest BCUT2D eigenvalue weighted by Gasteiger charge is -2.07. The van der Waals surface area contributed by atoms with E-state index in [9.17, 15) is 9.18 Å². The molecule has 7 heteroatoms. The molecule has 5 nitrogen and oxygen atoms in total. The molecule has 0 fully saturated rings. The largest absolute Gasteiger partial charge is 0.489 e. The first-order valence-electron chi connectivity index (χ1n) is 8.54. The summed E-state index contributed by atoms with van der Waals surface area (Å²) >= 11 is 6.11. The molecule has 3 rings (SSSR count). The summed E-state index contributed by atoms with van der Waals surface area (Å²) in [4.78, 5) is 12.7. The summed E-state index contributed by atoms with van der Waals surface area (Å²) in [5.41, 5.74) is 2.25. The van der Waals surface area contributed by atoms with Gasteiger partial charge in [0, 0.05) is 10.7 Å². The Morgan fingerprint density at radius 1 is 1.26 bits per heavy atom. The summed E-state index contributed by atoms with van der Waals surface area (Å²) in [6.45, 7) is 4.30. The van der Waals surface area contributed by atoms with Crippen molar-refractivity contribution in [1.29, 1.82) is 0 Å². The Morgan fingerprint density at radius 2 is 2.00 bits per heavy atom. The van der Waals surface area contributed by atoms with Gasteiger partial charge in [-0.15, -0.1) is 0 Å². The monoisotopic (exact) mass is 387 g/mol. The lowest BCUT2D eigenvalue weighted by molar-refractivity contribution is 0.101. The molecule has 0 saturated carbocycles. The molecule has 1 heterocycles. The number of carbonyl (C=O) groups excluding carboxylic acids is 1. The highest BCUT2D eigenvalue weighted by atomic mass is 35.5. The Balaban J connectivity index is 1.90. The number of benzene rings is 2. The van der Waals surface area contributed by atoms with Gasteiger partial charge < -0.3 is 10.1 Å². The van der Waals surface area contributed by atoms with Crippen LogP contribution in [-0.2, 0) is 0 Å². The molecule has 3 aromatic rings. The van der Waals surface area contributed by atoms with E-state index in [-0.39, 0.29) is 11.5 Å². The van der Waals surface area contributed by atoms with Crippen molar-refractivity contribution in [2.75, 3.05) is 11.9 Å². The molecule has 0 saturated heterocycles. The van der Waals surface area contributed by atoms with Gasteiger partial charge in [0.25, 0.3) is 5.91 Å². The van der Waals surface area contributed by atoms with Crippen LogP contribution in [0, 0.1) is 12.7 Å². The van der Waals surface area contributed by atoms with Gasteiger partial charge in [0.05, 0.1) is 18.5 Å². The summed E-state index contributed by atoms with van der Waals surface area (Å²) in [6.07, 6.45) is 2.40. The summed E-state index contributed by atoms with van der Waals surface area (Å²) in [5, 5.41) is 7.66. The van der Waals surface area contributed by atoms with Crippen molar-refractivity contribution in [2.45, 2.75) is 20.3 Å². The molecule has 0 atom stereocenters. The first kappa shape index (κ1) is 18.9. The zero-order valence-electron chi connectivity index (χ0n) is 15.0. The van der Waals surface area contributed by atoms with E-state index in [2.05, 4.69) is 10.4 Å². The molecule has 0 unspecified atom stereocenters.